The molecule has 0 aromatic heterocycles. The molecule has 0 spiro atoms. The van der Waals surface area contributed by atoms with E-state index in [2.05, 4.69) is 45.0 Å². The minimum absolute atomic E-state index is 0.0672. The summed E-state index contributed by atoms with van der Waals surface area (Å²) in [5.41, 5.74) is 2.97. The van der Waals surface area contributed by atoms with Gasteiger partial charge in [0.05, 0.1) is 6.10 Å². The van der Waals surface area contributed by atoms with Gasteiger partial charge in [-0.05, 0) is 60.0 Å². The summed E-state index contributed by atoms with van der Waals surface area (Å²) >= 11 is 0. The zero-order valence-corrected chi connectivity index (χ0v) is 13.8. The molecular formula is C20H30O. The van der Waals surface area contributed by atoms with Gasteiger partial charge in [0, 0.05) is 0 Å². The van der Waals surface area contributed by atoms with Crippen molar-refractivity contribution in [2.24, 2.45) is 11.8 Å². The van der Waals surface area contributed by atoms with Gasteiger partial charge >= 0.3 is 0 Å². The van der Waals surface area contributed by atoms with Crippen molar-refractivity contribution in [2.45, 2.75) is 76.7 Å². The number of hydrogen-bond acceptors (Lipinski definition) is 1. The highest BCUT2D eigenvalue weighted by molar-refractivity contribution is 5.31. The summed E-state index contributed by atoms with van der Waals surface area (Å²) in [6.07, 6.45) is 7.35. The van der Waals surface area contributed by atoms with Crippen molar-refractivity contribution >= 4 is 0 Å². The predicted molar refractivity (Wildman–Crippen MR) is 88.6 cm³/mol. The molecular weight excluding hydrogens is 256 g/mol. The number of aliphatic hydroxyl groups is 1. The summed E-state index contributed by atoms with van der Waals surface area (Å²) in [6.45, 7) is 6.89. The third kappa shape index (κ3) is 2.90. The van der Waals surface area contributed by atoms with Crippen LogP contribution in [0.25, 0.3) is 0 Å². The van der Waals surface area contributed by atoms with Crippen LogP contribution in [0.3, 0.4) is 0 Å². The minimum Gasteiger partial charge on any atom is -0.393 e. The molecule has 2 saturated carbocycles. The van der Waals surface area contributed by atoms with Gasteiger partial charge in [-0.25, -0.2) is 0 Å². The summed E-state index contributed by atoms with van der Waals surface area (Å²) in [5.74, 6) is 1.87. The van der Waals surface area contributed by atoms with Gasteiger partial charge in [-0.1, -0.05) is 57.9 Å². The lowest BCUT2D eigenvalue weighted by Crippen LogP contribution is -2.41. The summed E-state index contributed by atoms with van der Waals surface area (Å²) in [6, 6.07) is 9.30. The fraction of sp³-hybridized carbons (Fsp3) is 0.700. The zero-order valence-electron chi connectivity index (χ0n) is 13.8. The van der Waals surface area contributed by atoms with Crippen LogP contribution in [0.5, 0.6) is 0 Å². The van der Waals surface area contributed by atoms with E-state index >= 15 is 0 Å². The van der Waals surface area contributed by atoms with E-state index < -0.39 is 0 Å². The highest BCUT2D eigenvalue weighted by Gasteiger charge is 2.39. The first-order valence-corrected chi connectivity index (χ1v) is 8.77. The van der Waals surface area contributed by atoms with Crippen LogP contribution in [0.15, 0.2) is 24.3 Å². The molecule has 0 bridgehead atoms. The van der Waals surface area contributed by atoms with Crippen LogP contribution in [0.2, 0.25) is 0 Å². The molecule has 21 heavy (non-hydrogen) atoms. The second-order valence-corrected chi connectivity index (χ2v) is 8.06. The third-order valence-electron chi connectivity index (χ3n) is 6.24. The van der Waals surface area contributed by atoms with Crippen LogP contribution in [0.4, 0.5) is 0 Å². The average molecular weight is 286 g/mol. The Kier molecular flexibility index (Phi) is 4.14. The van der Waals surface area contributed by atoms with Crippen molar-refractivity contribution in [1.29, 1.82) is 0 Å². The molecule has 0 aliphatic heterocycles. The van der Waals surface area contributed by atoms with Crippen molar-refractivity contribution in [2.75, 3.05) is 0 Å². The third-order valence-corrected chi connectivity index (χ3v) is 6.24. The molecule has 2 aliphatic rings. The number of hydrogen-bond donors (Lipinski definition) is 1. The van der Waals surface area contributed by atoms with E-state index in [1.165, 1.54) is 36.8 Å². The van der Waals surface area contributed by atoms with E-state index in [0.29, 0.717) is 11.8 Å². The Morgan fingerprint density at radius 1 is 1.00 bits per heavy atom. The van der Waals surface area contributed by atoms with Crippen LogP contribution >= 0.6 is 0 Å². The van der Waals surface area contributed by atoms with Gasteiger partial charge in [0.1, 0.15) is 0 Å². The Morgan fingerprint density at radius 3 is 2.19 bits per heavy atom. The van der Waals surface area contributed by atoms with Crippen molar-refractivity contribution in [1.82, 2.24) is 0 Å². The van der Waals surface area contributed by atoms with Gasteiger partial charge < -0.3 is 5.11 Å². The van der Waals surface area contributed by atoms with Gasteiger partial charge in [-0.3, -0.25) is 0 Å². The molecule has 3 rings (SSSR count). The fourth-order valence-electron chi connectivity index (χ4n) is 4.33. The van der Waals surface area contributed by atoms with E-state index in [1.54, 1.807) is 0 Å². The molecule has 1 aromatic rings. The first-order chi connectivity index (χ1) is 9.98. The van der Waals surface area contributed by atoms with E-state index in [1.807, 2.05) is 0 Å². The molecule has 1 heteroatoms. The lowest BCUT2D eigenvalue weighted by molar-refractivity contribution is 0.0143. The second kappa shape index (κ2) is 5.76. The van der Waals surface area contributed by atoms with E-state index in [-0.39, 0.29) is 11.5 Å². The largest absolute Gasteiger partial charge is 0.393 e. The Hall–Kier alpha value is -0.820. The molecule has 3 atom stereocenters. The van der Waals surface area contributed by atoms with Gasteiger partial charge in [-0.15, -0.1) is 0 Å². The Balaban J connectivity index is 1.77. The summed E-state index contributed by atoms with van der Waals surface area (Å²) in [5, 5.41) is 10.5. The van der Waals surface area contributed by atoms with E-state index in [4.69, 9.17) is 0 Å². The standard InChI is InChI=1S/C20H30O/c1-14-7-12-18(19(21)13-14)20(2,3)17-10-8-16(9-11-17)15-5-4-6-15/h8-11,14-15,18-19,21H,4-7,12-13H2,1-3H3. The smallest absolute Gasteiger partial charge is 0.0579 e. The Bertz CT molecular complexity index is 469. The maximum atomic E-state index is 10.5. The quantitative estimate of drug-likeness (QED) is 0.826. The van der Waals surface area contributed by atoms with Crippen LogP contribution < -0.4 is 0 Å². The molecule has 2 fully saturated rings. The fourth-order valence-corrected chi connectivity index (χ4v) is 4.33. The number of rotatable bonds is 3. The lowest BCUT2D eigenvalue weighted by Gasteiger charge is -2.42. The highest BCUT2D eigenvalue weighted by atomic mass is 16.3. The topological polar surface area (TPSA) is 20.2 Å². The SMILES string of the molecule is CC1CCC(C(C)(C)c2ccc(C3CCC3)cc2)C(O)C1. The van der Waals surface area contributed by atoms with Gasteiger partial charge in [0.2, 0.25) is 0 Å². The summed E-state index contributed by atoms with van der Waals surface area (Å²) in [4.78, 5) is 0. The average Bonchev–Trinajstić information content (AvgIpc) is 2.37. The van der Waals surface area contributed by atoms with Crippen LogP contribution in [-0.2, 0) is 5.41 Å². The normalized spacial score (nSPS) is 31.0. The van der Waals surface area contributed by atoms with Gasteiger partial charge in [0.25, 0.3) is 0 Å². The monoisotopic (exact) mass is 286 g/mol. The molecule has 0 radical (unpaired) electrons. The molecule has 3 unspecified atom stereocenters. The molecule has 0 heterocycles. The first kappa shape index (κ1) is 15.1. The van der Waals surface area contributed by atoms with E-state index in [9.17, 15) is 5.11 Å². The Labute approximate surface area is 129 Å². The van der Waals surface area contributed by atoms with Crippen LogP contribution in [0.1, 0.15) is 76.3 Å². The van der Waals surface area contributed by atoms with Crippen molar-refractivity contribution in [3.05, 3.63) is 35.4 Å². The zero-order chi connectivity index (χ0) is 15.0. The number of benzene rings is 1. The van der Waals surface area contributed by atoms with Crippen molar-refractivity contribution in [3.63, 3.8) is 0 Å². The molecule has 0 amide bonds. The Morgan fingerprint density at radius 2 is 1.67 bits per heavy atom. The molecule has 1 nitrogen and oxygen atoms in total. The van der Waals surface area contributed by atoms with E-state index in [0.717, 1.165) is 18.8 Å². The number of aliphatic hydroxyl groups excluding tert-OH is 1. The second-order valence-electron chi connectivity index (χ2n) is 8.06. The van der Waals surface area contributed by atoms with Gasteiger partial charge in [0.15, 0.2) is 0 Å². The molecule has 1 N–H and O–H groups in total. The van der Waals surface area contributed by atoms with Crippen LogP contribution in [0, 0.1) is 11.8 Å². The summed E-state index contributed by atoms with van der Waals surface area (Å²) in [7, 11) is 0. The summed E-state index contributed by atoms with van der Waals surface area (Å²) < 4.78 is 0. The first-order valence-electron chi connectivity index (χ1n) is 8.77. The highest BCUT2D eigenvalue weighted by Crippen LogP contribution is 2.43. The van der Waals surface area contributed by atoms with Crippen molar-refractivity contribution in [3.8, 4) is 0 Å². The van der Waals surface area contributed by atoms with Crippen molar-refractivity contribution < 1.29 is 5.11 Å². The molecule has 2 aliphatic carbocycles. The molecule has 0 saturated heterocycles. The van der Waals surface area contributed by atoms with Crippen LogP contribution in [-0.4, -0.2) is 11.2 Å². The predicted octanol–water partition coefficient (Wildman–Crippen LogP) is 5.03. The minimum atomic E-state index is -0.143. The molecule has 116 valence electrons. The lowest BCUT2D eigenvalue weighted by atomic mass is 9.64. The maximum Gasteiger partial charge on any atom is 0.0579 e. The maximum absolute atomic E-state index is 10.5. The molecule has 1 aromatic carbocycles. The van der Waals surface area contributed by atoms with Gasteiger partial charge in [-0.2, -0.15) is 0 Å².